The Morgan fingerprint density at radius 3 is 2.55 bits per heavy atom. The molecule has 0 radical (unpaired) electrons. The fourth-order valence-corrected chi connectivity index (χ4v) is 6.31. The van der Waals surface area contributed by atoms with Gasteiger partial charge in [0, 0.05) is 30.3 Å². The van der Waals surface area contributed by atoms with Crippen LogP contribution in [-0.2, 0) is 19.6 Å². The highest BCUT2D eigenvalue weighted by Gasteiger charge is 2.27. The number of rotatable bonds is 5. The summed E-state index contributed by atoms with van der Waals surface area (Å²) in [6, 6.07) is 13.4. The van der Waals surface area contributed by atoms with Crippen molar-refractivity contribution in [3.05, 3.63) is 54.1 Å². The lowest BCUT2D eigenvalue weighted by Gasteiger charge is -2.28. The number of hydrogen-bond acceptors (Lipinski definition) is 6. The Morgan fingerprint density at radius 2 is 1.74 bits per heavy atom. The number of anilines is 1. The Labute approximate surface area is 186 Å². The number of esters is 1. The number of benzene rings is 2. The molecule has 2 heterocycles. The second-order valence-corrected chi connectivity index (χ2v) is 10.5. The molecule has 7 nitrogen and oxygen atoms in total. The second-order valence-electron chi connectivity index (χ2n) is 7.43. The monoisotopic (exact) mass is 460 g/mol. The van der Waals surface area contributed by atoms with E-state index in [1.165, 1.54) is 28.6 Å². The zero-order valence-corrected chi connectivity index (χ0v) is 18.7. The molecule has 0 unspecified atom stereocenters. The van der Waals surface area contributed by atoms with Crippen LogP contribution in [0.25, 0.3) is 0 Å². The van der Waals surface area contributed by atoms with Crippen molar-refractivity contribution in [2.24, 2.45) is 0 Å². The molecule has 0 atom stereocenters. The molecule has 4 rings (SSSR count). The van der Waals surface area contributed by atoms with Crippen molar-refractivity contribution in [1.82, 2.24) is 4.31 Å². The summed E-state index contributed by atoms with van der Waals surface area (Å²) in [5.41, 5.74) is 0.926. The van der Waals surface area contributed by atoms with Crippen LogP contribution in [0.15, 0.2) is 58.3 Å². The predicted molar refractivity (Wildman–Crippen MR) is 119 cm³/mol. The molecule has 2 aromatic carbocycles. The highest BCUT2D eigenvalue weighted by Crippen LogP contribution is 2.34. The first-order valence-electron chi connectivity index (χ1n) is 10.3. The van der Waals surface area contributed by atoms with E-state index in [1.807, 2.05) is 24.3 Å². The standard InChI is InChI=1S/C22H24N2O5S2/c25-21(24-13-14-30-20-10-3-2-9-19(20)24)16-29-22(26)17-7-6-8-18(15-17)31(27,28)23-11-4-1-5-12-23/h2-3,6-10,15H,1,4-5,11-14,16H2. The number of hydrogen-bond donors (Lipinski definition) is 0. The van der Waals surface area contributed by atoms with E-state index in [2.05, 4.69) is 0 Å². The third-order valence-corrected chi connectivity index (χ3v) is 8.32. The van der Waals surface area contributed by atoms with Crippen molar-refractivity contribution >= 4 is 39.3 Å². The molecular formula is C22H24N2O5S2. The fourth-order valence-electron chi connectivity index (χ4n) is 3.75. The van der Waals surface area contributed by atoms with Gasteiger partial charge in [0.05, 0.1) is 16.1 Å². The molecule has 2 aliphatic rings. The zero-order valence-electron chi connectivity index (χ0n) is 17.0. The molecule has 9 heteroatoms. The summed E-state index contributed by atoms with van der Waals surface area (Å²) in [5.74, 6) is -0.255. The molecule has 1 saturated heterocycles. The normalized spacial score (nSPS) is 17.1. The van der Waals surface area contributed by atoms with E-state index in [4.69, 9.17) is 4.74 Å². The lowest BCUT2D eigenvalue weighted by molar-refractivity contribution is -0.121. The first kappa shape index (κ1) is 21.9. The van der Waals surface area contributed by atoms with Crippen LogP contribution in [0.4, 0.5) is 5.69 Å². The van der Waals surface area contributed by atoms with Gasteiger partial charge in [0.1, 0.15) is 0 Å². The van der Waals surface area contributed by atoms with Crippen LogP contribution >= 0.6 is 11.8 Å². The van der Waals surface area contributed by atoms with E-state index in [0.29, 0.717) is 19.6 Å². The molecule has 0 aliphatic carbocycles. The van der Waals surface area contributed by atoms with E-state index in [1.54, 1.807) is 16.7 Å². The number of thioether (sulfide) groups is 1. The van der Waals surface area contributed by atoms with Crippen LogP contribution < -0.4 is 4.90 Å². The Morgan fingerprint density at radius 1 is 0.968 bits per heavy atom. The average molecular weight is 461 g/mol. The summed E-state index contributed by atoms with van der Waals surface area (Å²) in [6.45, 7) is 1.12. The fraction of sp³-hybridized carbons (Fsp3) is 0.364. The van der Waals surface area contributed by atoms with E-state index >= 15 is 0 Å². The quantitative estimate of drug-likeness (QED) is 0.638. The van der Waals surface area contributed by atoms with Crippen LogP contribution in [-0.4, -0.2) is 56.6 Å². The van der Waals surface area contributed by atoms with Crippen molar-refractivity contribution < 1.29 is 22.7 Å². The zero-order chi connectivity index (χ0) is 21.8. The number of para-hydroxylation sites is 1. The second kappa shape index (κ2) is 9.42. The van der Waals surface area contributed by atoms with Gasteiger partial charge in [0.15, 0.2) is 6.61 Å². The van der Waals surface area contributed by atoms with Crippen molar-refractivity contribution in [2.75, 3.05) is 36.9 Å². The van der Waals surface area contributed by atoms with E-state index in [-0.39, 0.29) is 16.4 Å². The first-order chi connectivity index (χ1) is 15.0. The molecule has 1 fully saturated rings. The molecule has 164 valence electrons. The van der Waals surface area contributed by atoms with Gasteiger partial charge in [-0.05, 0) is 43.2 Å². The van der Waals surface area contributed by atoms with Crippen molar-refractivity contribution in [3.8, 4) is 0 Å². The molecule has 2 aliphatic heterocycles. The van der Waals surface area contributed by atoms with Gasteiger partial charge in [-0.1, -0.05) is 24.6 Å². The minimum absolute atomic E-state index is 0.0668. The first-order valence-corrected chi connectivity index (χ1v) is 12.7. The van der Waals surface area contributed by atoms with Gasteiger partial charge in [-0.2, -0.15) is 4.31 Å². The predicted octanol–water partition coefficient (Wildman–Crippen LogP) is 3.16. The number of sulfonamides is 1. The van der Waals surface area contributed by atoms with Crippen LogP contribution in [0.1, 0.15) is 29.6 Å². The number of ether oxygens (including phenoxy) is 1. The molecular weight excluding hydrogens is 436 g/mol. The Bertz CT molecular complexity index is 1080. The highest BCUT2D eigenvalue weighted by molar-refractivity contribution is 7.99. The van der Waals surface area contributed by atoms with Gasteiger partial charge in [-0.3, -0.25) is 4.79 Å². The Hall–Kier alpha value is -2.36. The number of fused-ring (bicyclic) bond motifs is 1. The van der Waals surface area contributed by atoms with Gasteiger partial charge < -0.3 is 9.64 Å². The number of piperidine rings is 1. The lowest BCUT2D eigenvalue weighted by atomic mass is 10.2. The van der Waals surface area contributed by atoms with Gasteiger partial charge in [-0.25, -0.2) is 13.2 Å². The molecule has 0 saturated carbocycles. The minimum atomic E-state index is -3.65. The van der Waals surface area contributed by atoms with Gasteiger partial charge in [-0.15, -0.1) is 11.8 Å². The SMILES string of the molecule is O=C(OCC(=O)N1CCSc2ccccc21)c1cccc(S(=O)(=O)N2CCCCC2)c1. The van der Waals surface area contributed by atoms with Crippen LogP contribution in [0.5, 0.6) is 0 Å². The Kier molecular flexibility index (Phi) is 6.64. The summed E-state index contributed by atoms with van der Waals surface area (Å²) in [6.07, 6.45) is 2.69. The van der Waals surface area contributed by atoms with E-state index in [0.717, 1.165) is 35.6 Å². The molecule has 0 spiro atoms. The van der Waals surface area contributed by atoms with Crippen molar-refractivity contribution in [1.29, 1.82) is 0 Å². The third kappa shape index (κ3) is 4.78. The van der Waals surface area contributed by atoms with Crippen LogP contribution in [0, 0.1) is 0 Å². The maximum absolute atomic E-state index is 12.9. The minimum Gasteiger partial charge on any atom is -0.452 e. The van der Waals surface area contributed by atoms with Gasteiger partial charge in [0.2, 0.25) is 10.0 Å². The van der Waals surface area contributed by atoms with Crippen molar-refractivity contribution in [2.45, 2.75) is 29.1 Å². The number of carbonyl (C=O) groups excluding carboxylic acids is 2. The van der Waals surface area contributed by atoms with Crippen LogP contribution in [0.2, 0.25) is 0 Å². The summed E-state index contributed by atoms with van der Waals surface area (Å²) in [7, 11) is -3.65. The smallest absolute Gasteiger partial charge is 0.338 e. The van der Waals surface area contributed by atoms with Gasteiger partial charge >= 0.3 is 5.97 Å². The number of carbonyl (C=O) groups is 2. The molecule has 1 amide bonds. The summed E-state index contributed by atoms with van der Waals surface area (Å²) < 4.78 is 32.4. The number of nitrogens with zero attached hydrogens (tertiary/aromatic N) is 2. The topological polar surface area (TPSA) is 84.0 Å². The van der Waals surface area contributed by atoms with Crippen LogP contribution in [0.3, 0.4) is 0 Å². The maximum Gasteiger partial charge on any atom is 0.338 e. The molecule has 0 N–H and O–H groups in total. The Balaban J connectivity index is 1.43. The summed E-state index contributed by atoms with van der Waals surface area (Å²) >= 11 is 1.68. The molecule has 2 aromatic rings. The maximum atomic E-state index is 12.9. The summed E-state index contributed by atoms with van der Waals surface area (Å²) in [4.78, 5) is 27.9. The molecule has 31 heavy (non-hydrogen) atoms. The molecule has 0 bridgehead atoms. The van der Waals surface area contributed by atoms with E-state index < -0.39 is 22.6 Å². The van der Waals surface area contributed by atoms with Gasteiger partial charge in [0.25, 0.3) is 5.91 Å². The largest absolute Gasteiger partial charge is 0.452 e. The average Bonchev–Trinajstić information content (AvgIpc) is 2.82. The van der Waals surface area contributed by atoms with Crippen molar-refractivity contribution in [3.63, 3.8) is 0 Å². The highest BCUT2D eigenvalue weighted by atomic mass is 32.2. The number of amides is 1. The third-order valence-electron chi connectivity index (χ3n) is 5.38. The summed E-state index contributed by atoms with van der Waals surface area (Å²) in [5, 5.41) is 0. The molecule has 0 aromatic heterocycles. The lowest BCUT2D eigenvalue weighted by Crippen LogP contribution is -2.38. The van der Waals surface area contributed by atoms with E-state index in [9.17, 15) is 18.0 Å².